The van der Waals surface area contributed by atoms with Crippen LogP contribution >= 0.6 is 0 Å². The van der Waals surface area contributed by atoms with E-state index in [1.54, 1.807) is 12.4 Å². The van der Waals surface area contributed by atoms with Crippen LogP contribution in [0.3, 0.4) is 0 Å². The molecule has 0 aromatic heterocycles. The average Bonchev–Trinajstić information content (AvgIpc) is 2.60. The summed E-state index contributed by atoms with van der Waals surface area (Å²) >= 11 is 0. The van der Waals surface area contributed by atoms with Crippen molar-refractivity contribution in [2.24, 2.45) is 22.0 Å². The van der Waals surface area contributed by atoms with E-state index < -0.39 is 11.8 Å². The smallest absolute Gasteiger partial charge is 0.262 e. The molecule has 0 aliphatic rings. The summed E-state index contributed by atoms with van der Waals surface area (Å²) in [5.74, 6) is -0.934. The van der Waals surface area contributed by atoms with Crippen molar-refractivity contribution < 1.29 is 9.59 Å². The largest absolute Gasteiger partial charge is 0.331 e. The van der Waals surface area contributed by atoms with Gasteiger partial charge in [-0.25, -0.2) is 10.9 Å². The molecule has 0 fully saturated rings. The van der Waals surface area contributed by atoms with Crippen molar-refractivity contribution in [3.63, 3.8) is 0 Å². The van der Waals surface area contributed by atoms with Crippen molar-refractivity contribution in [2.75, 3.05) is 0 Å². The number of hydrogen-bond acceptors (Lipinski definition) is 4. The van der Waals surface area contributed by atoms with Gasteiger partial charge in [-0.05, 0) is 37.5 Å². The lowest BCUT2D eigenvalue weighted by Gasteiger charge is -2.08. The molecule has 0 rings (SSSR count). The Kier molecular flexibility index (Phi) is 13.8. The van der Waals surface area contributed by atoms with Gasteiger partial charge in [0, 0.05) is 12.4 Å². The zero-order valence-electron chi connectivity index (χ0n) is 15.7. The number of carbonyl (C=O) groups is 2. The van der Waals surface area contributed by atoms with Gasteiger partial charge in [0.15, 0.2) is 0 Å². The molecule has 0 saturated carbocycles. The molecular formula is C18H34N4O2. The topological polar surface area (TPSA) is 82.9 Å². The van der Waals surface area contributed by atoms with E-state index in [4.69, 9.17) is 0 Å². The molecule has 0 aromatic rings. The molecule has 6 nitrogen and oxygen atoms in total. The molecular weight excluding hydrogens is 304 g/mol. The summed E-state index contributed by atoms with van der Waals surface area (Å²) in [6.45, 7) is 8.44. The summed E-state index contributed by atoms with van der Waals surface area (Å²) < 4.78 is 0. The predicted octanol–water partition coefficient (Wildman–Crippen LogP) is 3.62. The molecule has 6 heteroatoms. The Morgan fingerprint density at radius 1 is 0.792 bits per heavy atom. The summed E-state index contributed by atoms with van der Waals surface area (Å²) in [5.41, 5.74) is 4.51. The van der Waals surface area contributed by atoms with E-state index in [0.717, 1.165) is 51.4 Å². The minimum absolute atomic E-state index is 0.329. The molecule has 0 radical (unpaired) electrons. The van der Waals surface area contributed by atoms with Crippen molar-refractivity contribution >= 4 is 24.2 Å². The molecule has 0 aliphatic heterocycles. The minimum Gasteiger partial charge on any atom is -0.262 e. The number of carbonyl (C=O) groups excluding carboxylic acids is 2. The summed E-state index contributed by atoms with van der Waals surface area (Å²) in [4.78, 5) is 23.3. The maximum Gasteiger partial charge on any atom is 0.331 e. The van der Waals surface area contributed by atoms with Crippen LogP contribution in [-0.4, -0.2) is 24.2 Å². The first-order chi connectivity index (χ1) is 11.6. The molecule has 2 N–H and O–H groups in total. The van der Waals surface area contributed by atoms with Gasteiger partial charge in [0.1, 0.15) is 0 Å². The molecule has 0 unspecified atom stereocenters. The number of rotatable bonds is 12. The van der Waals surface area contributed by atoms with Crippen LogP contribution in [0.2, 0.25) is 0 Å². The molecule has 0 aromatic carbocycles. The average molecular weight is 338 g/mol. The maximum atomic E-state index is 11.6. The van der Waals surface area contributed by atoms with Crippen LogP contribution in [-0.2, 0) is 9.59 Å². The lowest BCUT2D eigenvalue weighted by atomic mass is 10.0. The monoisotopic (exact) mass is 338 g/mol. The fourth-order valence-corrected chi connectivity index (χ4v) is 2.20. The highest BCUT2D eigenvalue weighted by atomic mass is 16.2. The first kappa shape index (κ1) is 22.3. The van der Waals surface area contributed by atoms with Crippen molar-refractivity contribution in [1.29, 1.82) is 0 Å². The number of nitrogens with zero attached hydrogens (tertiary/aromatic N) is 2. The first-order valence-electron chi connectivity index (χ1n) is 9.25. The normalized spacial score (nSPS) is 14.0. The summed E-state index contributed by atoms with van der Waals surface area (Å²) in [7, 11) is 0. The van der Waals surface area contributed by atoms with Crippen molar-refractivity contribution in [3.05, 3.63) is 0 Å². The number of hydrogen-bond donors (Lipinski definition) is 2. The number of amides is 2. The van der Waals surface area contributed by atoms with Gasteiger partial charge in [0.05, 0.1) is 0 Å². The second kappa shape index (κ2) is 14.8. The molecule has 2 atom stereocenters. The molecule has 0 bridgehead atoms. The zero-order chi connectivity index (χ0) is 18.2. The highest BCUT2D eigenvalue weighted by Gasteiger charge is 2.12. The maximum absolute atomic E-state index is 11.6. The van der Waals surface area contributed by atoms with E-state index >= 15 is 0 Å². The van der Waals surface area contributed by atoms with Crippen LogP contribution in [0, 0.1) is 11.8 Å². The van der Waals surface area contributed by atoms with Gasteiger partial charge < -0.3 is 0 Å². The van der Waals surface area contributed by atoms with Gasteiger partial charge in [0.25, 0.3) is 0 Å². The van der Waals surface area contributed by atoms with E-state index in [-0.39, 0.29) is 0 Å². The third-order valence-corrected chi connectivity index (χ3v) is 4.01. The molecule has 138 valence electrons. The standard InChI is InChI=1S/C18H34N4O2/c1-5-9-11-15(7-3)13-19-21-17(23)18(24)22-20-14-16(8-4)12-10-6-2/h13-16H,5-12H2,1-4H3,(H,21,23)(H,22,24)/b19-13-,20-14-/t15-,16+. The van der Waals surface area contributed by atoms with E-state index in [2.05, 4.69) is 48.7 Å². The Balaban J connectivity index is 4.20. The van der Waals surface area contributed by atoms with E-state index in [0.29, 0.717) is 11.8 Å². The van der Waals surface area contributed by atoms with Crippen molar-refractivity contribution in [2.45, 2.75) is 79.1 Å². The Hall–Kier alpha value is -1.72. The first-order valence-corrected chi connectivity index (χ1v) is 9.25. The molecule has 2 amide bonds. The number of hydrazone groups is 2. The third kappa shape index (κ3) is 10.9. The van der Waals surface area contributed by atoms with E-state index in [1.165, 1.54) is 0 Å². The third-order valence-electron chi connectivity index (χ3n) is 4.01. The second-order valence-corrected chi connectivity index (χ2v) is 6.06. The molecule has 0 aliphatic carbocycles. The van der Waals surface area contributed by atoms with E-state index in [1.807, 2.05) is 0 Å². The Morgan fingerprint density at radius 3 is 1.46 bits per heavy atom. The lowest BCUT2D eigenvalue weighted by Crippen LogP contribution is -2.35. The zero-order valence-corrected chi connectivity index (χ0v) is 15.7. The second-order valence-electron chi connectivity index (χ2n) is 6.06. The van der Waals surface area contributed by atoms with Crippen LogP contribution in [0.1, 0.15) is 79.1 Å². The highest BCUT2D eigenvalue weighted by molar-refractivity contribution is 6.35. The molecule has 0 heterocycles. The van der Waals surface area contributed by atoms with Gasteiger partial charge >= 0.3 is 11.8 Å². The van der Waals surface area contributed by atoms with Crippen LogP contribution in [0.15, 0.2) is 10.2 Å². The summed E-state index contributed by atoms with van der Waals surface area (Å²) in [6.07, 6.45) is 12.0. The Bertz CT molecular complexity index is 370. The van der Waals surface area contributed by atoms with Crippen molar-refractivity contribution in [3.8, 4) is 0 Å². The Morgan fingerprint density at radius 2 is 1.17 bits per heavy atom. The van der Waals surface area contributed by atoms with Crippen LogP contribution in [0.4, 0.5) is 0 Å². The van der Waals surface area contributed by atoms with Crippen LogP contribution in [0.5, 0.6) is 0 Å². The van der Waals surface area contributed by atoms with Gasteiger partial charge in [-0.15, -0.1) is 0 Å². The van der Waals surface area contributed by atoms with Gasteiger partial charge in [0.2, 0.25) is 0 Å². The summed E-state index contributed by atoms with van der Waals surface area (Å²) in [5, 5.41) is 7.76. The highest BCUT2D eigenvalue weighted by Crippen LogP contribution is 2.10. The SMILES string of the molecule is CCCC[C@H](/C=N\NC(=O)C(=O)N/N=C\[C@@H](CC)CCCC)CC. The number of unbranched alkanes of at least 4 members (excludes halogenated alkanes) is 2. The fraction of sp³-hybridized carbons (Fsp3) is 0.778. The van der Waals surface area contributed by atoms with Gasteiger partial charge in [-0.3, -0.25) is 9.59 Å². The lowest BCUT2D eigenvalue weighted by molar-refractivity contribution is -0.139. The van der Waals surface area contributed by atoms with Crippen molar-refractivity contribution in [1.82, 2.24) is 10.9 Å². The Labute approximate surface area is 146 Å². The minimum atomic E-state index is -0.796. The quantitative estimate of drug-likeness (QED) is 0.324. The predicted molar refractivity (Wildman–Crippen MR) is 99.9 cm³/mol. The van der Waals surface area contributed by atoms with Gasteiger partial charge in [-0.2, -0.15) is 10.2 Å². The van der Waals surface area contributed by atoms with Gasteiger partial charge in [-0.1, -0.05) is 53.4 Å². The fourth-order valence-electron chi connectivity index (χ4n) is 2.20. The number of nitrogens with one attached hydrogen (secondary N) is 2. The van der Waals surface area contributed by atoms with Crippen LogP contribution < -0.4 is 10.9 Å². The summed E-state index contributed by atoms with van der Waals surface area (Å²) in [6, 6.07) is 0. The van der Waals surface area contributed by atoms with E-state index in [9.17, 15) is 9.59 Å². The molecule has 0 saturated heterocycles. The molecule has 0 spiro atoms. The van der Waals surface area contributed by atoms with Crippen LogP contribution in [0.25, 0.3) is 0 Å². The molecule has 24 heavy (non-hydrogen) atoms.